The molecule has 0 saturated heterocycles. The van der Waals surface area contributed by atoms with Gasteiger partial charge in [0.05, 0.1) is 10.9 Å². The van der Waals surface area contributed by atoms with Crippen molar-refractivity contribution in [3.63, 3.8) is 0 Å². The van der Waals surface area contributed by atoms with Crippen molar-refractivity contribution in [2.24, 2.45) is 5.92 Å². The van der Waals surface area contributed by atoms with Gasteiger partial charge in [-0.05, 0) is 23.8 Å². The van der Waals surface area contributed by atoms with Gasteiger partial charge in [0.2, 0.25) is 5.91 Å². The highest BCUT2D eigenvalue weighted by molar-refractivity contribution is 7.13. The fraction of sp³-hybridized carbons (Fsp3) is 0.467. The van der Waals surface area contributed by atoms with Gasteiger partial charge in [-0.1, -0.05) is 26.8 Å². The maximum absolute atomic E-state index is 12.2. The van der Waals surface area contributed by atoms with E-state index in [9.17, 15) is 9.59 Å². The van der Waals surface area contributed by atoms with Gasteiger partial charge in [0.1, 0.15) is 0 Å². The van der Waals surface area contributed by atoms with E-state index in [0.717, 1.165) is 4.88 Å². The number of aromatic amines is 1. The van der Waals surface area contributed by atoms with Crippen LogP contribution in [0.25, 0.3) is 10.7 Å². The number of aromatic nitrogens is 3. The molecule has 118 valence electrons. The van der Waals surface area contributed by atoms with Crippen molar-refractivity contribution >= 4 is 17.2 Å². The average Bonchev–Trinajstić information content (AvgIpc) is 2.98. The summed E-state index contributed by atoms with van der Waals surface area (Å²) in [5.74, 6) is 0.639. The zero-order valence-electron chi connectivity index (χ0n) is 12.9. The molecule has 2 heterocycles. The SMILES string of the molecule is CCC(NC(=O)CC(C)C)c1nnc(-c2cccs2)[nH]c1=O. The van der Waals surface area contributed by atoms with Crippen molar-refractivity contribution in [1.82, 2.24) is 20.5 Å². The third-order valence-corrected chi connectivity index (χ3v) is 4.02. The van der Waals surface area contributed by atoms with Gasteiger partial charge in [-0.25, -0.2) is 0 Å². The molecule has 0 spiro atoms. The van der Waals surface area contributed by atoms with Gasteiger partial charge in [-0.15, -0.1) is 21.5 Å². The lowest BCUT2D eigenvalue weighted by molar-refractivity contribution is -0.122. The molecule has 2 aromatic rings. The molecule has 1 amide bonds. The molecular formula is C15H20N4O2S. The Bertz CT molecular complexity index is 679. The van der Waals surface area contributed by atoms with Crippen LogP contribution in [0.4, 0.5) is 0 Å². The number of nitrogens with one attached hydrogen (secondary N) is 2. The highest BCUT2D eigenvalue weighted by Crippen LogP contribution is 2.19. The summed E-state index contributed by atoms with van der Waals surface area (Å²) < 4.78 is 0. The van der Waals surface area contributed by atoms with Crippen LogP contribution >= 0.6 is 11.3 Å². The lowest BCUT2D eigenvalue weighted by Gasteiger charge is -2.16. The minimum atomic E-state index is -0.417. The van der Waals surface area contributed by atoms with Crippen molar-refractivity contribution in [2.75, 3.05) is 0 Å². The van der Waals surface area contributed by atoms with Crippen LogP contribution in [-0.4, -0.2) is 21.1 Å². The molecule has 1 atom stereocenters. The minimum Gasteiger partial charge on any atom is -0.347 e. The topological polar surface area (TPSA) is 87.7 Å². The summed E-state index contributed by atoms with van der Waals surface area (Å²) in [7, 11) is 0. The van der Waals surface area contributed by atoms with Crippen LogP contribution < -0.4 is 10.9 Å². The highest BCUT2D eigenvalue weighted by Gasteiger charge is 2.19. The first-order valence-electron chi connectivity index (χ1n) is 7.31. The van der Waals surface area contributed by atoms with Gasteiger partial charge in [0.15, 0.2) is 11.5 Å². The van der Waals surface area contributed by atoms with Crippen LogP contribution in [0, 0.1) is 5.92 Å². The first kappa shape index (κ1) is 16.4. The van der Waals surface area contributed by atoms with Gasteiger partial charge in [-0.3, -0.25) is 9.59 Å². The lowest BCUT2D eigenvalue weighted by atomic mass is 10.1. The number of thiophene rings is 1. The number of hydrogen-bond acceptors (Lipinski definition) is 5. The van der Waals surface area contributed by atoms with Gasteiger partial charge < -0.3 is 10.3 Å². The minimum absolute atomic E-state index is 0.0783. The van der Waals surface area contributed by atoms with E-state index in [-0.39, 0.29) is 23.1 Å². The molecule has 0 saturated carbocycles. The van der Waals surface area contributed by atoms with Crippen molar-refractivity contribution in [2.45, 2.75) is 39.7 Å². The molecule has 0 bridgehead atoms. The molecule has 0 radical (unpaired) electrons. The summed E-state index contributed by atoms with van der Waals surface area (Å²) in [5, 5.41) is 12.9. The van der Waals surface area contributed by atoms with E-state index in [1.54, 1.807) is 0 Å². The van der Waals surface area contributed by atoms with Gasteiger partial charge in [-0.2, -0.15) is 0 Å². The van der Waals surface area contributed by atoms with Crippen LogP contribution in [0.2, 0.25) is 0 Å². The number of hydrogen-bond donors (Lipinski definition) is 2. The molecule has 0 fully saturated rings. The Morgan fingerprint density at radius 3 is 2.73 bits per heavy atom. The Labute approximate surface area is 133 Å². The van der Waals surface area contributed by atoms with Crippen LogP contribution in [0.5, 0.6) is 0 Å². The van der Waals surface area contributed by atoms with Crippen molar-refractivity contribution in [3.05, 3.63) is 33.6 Å². The molecular weight excluding hydrogens is 300 g/mol. The molecule has 0 aromatic carbocycles. The highest BCUT2D eigenvalue weighted by atomic mass is 32.1. The molecule has 2 aromatic heterocycles. The molecule has 2 rings (SSSR count). The molecule has 22 heavy (non-hydrogen) atoms. The van der Waals surface area contributed by atoms with Gasteiger partial charge >= 0.3 is 0 Å². The first-order valence-corrected chi connectivity index (χ1v) is 8.19. The summed E-state index contributed by atoms with van der Waals surface area (Å²) in [6.07, 6.45) is 1.01. The fourth-order valence-electron chi connectivity index (χ4n) is 2.09. The molecule has 0 aliphatic carbocycles. The lowest BCUT2D eigenvalue weighted by Crippen LogP contribution is -2.34. The normalized spacial score (nSPS) is 12.4. The standard InChI is InChI=1S/C15H20N4O2S/c1-4-10(16-12(20)8-9(2)3)13-15(21)17-14(19-18-13)11-6-5-7-22-11/h5-7,9-10H,4,8H2,1-3H3,(H,16,20)(H,17,19,21). The molecule has 0 aliphatic heterocycles. The summed E-state index contributed by atoms with van der Waals surface area (Å²) >= 11 is 1.48. The number of rotatable bonds is 6. The zero-order valence-corrected chi connectivity index (χ0v) is 13.7. The maximum atomic E-state index is 12.2. The van der Waals surface area contributed by atoms with Crippen LogP contribution in [0.1, 0.15) is 45.3 Å². The van der Waals surface area contributed by atoms with Crippen molar-refractivity contribution in [3.8, 4) is 10.7 Å². The predicted molar refractivity (Wildman–Crippen MR) is 86.6 cm³/mol. The average molecular weight is 320 g/mol. The van der Waals surface area contributed by atoms with Crippen LogP contribution in [0.3, 0.4) is 0 Å². The zero-order chi connectivity index (χ0) is 16.1. The van der Waals surface area contributed by atoms with E-state index >= 15 is 0 Å². The first-order chi connectivity index (χ1) is 10.5. The van der Waals surface area contributed by atoms with Crippen LogP contribution in [0.15, 0.2) is 22.3 Å². The van der Waals surface area contributed by atoms with E-state index in [1.807, 2.05) is 38.3 Å². The maximum Gasteiger partial charge on any atom is 0.275 e. The van der Waals surface area contributed by atoms with Gasteiger partial charge in [0.25, 0.3) is 5.56 Å². The second kappa shape index (κ2) is 7.31. The van der Waals surface area contributed by atoms with Crippen molar-refractivity contribution in [1.29, 1.82) is 0 Å². The van der Waals surface area contributed by atoms with Crippen LogP contribution in [-0.2, 0) is 4.79 Å². The second-order valence-electron chi connectivity index (χ2n) is 5.49. The van der Waals surface area contributed by atoms with E-state index in [4.69, 9.17) is 0 Å². The molecule has 7 heteroatoms. The fourth-order valence-corrected chi connectivity index (χ4v) is 2.75. The van der Waals surface area contributed by atoms with Crippen molar-refractivity contribution < 1.29 is 4.79 Å². The number of carbonyl (C=O) groups is 1. The molecule has 2 N–H and O–H groups in total. The van der Waals surface area contributed by atoms with Gasteiger partial charge in [0, 0.05) is 6.42 Å². The summed E-state index contributed by atoms with van der Waals surface area (Å²) in [6.45, 7) is 5.85. The van der Waals surface area contributed by atoms with E-state index in [1.165, 1.54) is 11.3 Å². The van der Waals surface area contributed by atoms with E-state index in [0.29, 0.717) is 18.7 Å². The number of H-pyrrole nitrogens is 1. The largest absolute Gasteiger partial charge is 0.347 e. The Hall–Kier alpha value is -2.02. The number of amides is 1. The number of carbonyl (C=O) groups excluding carboxylic acids is 1. The smallest absolute Gasteiger partial charge is 0.275 e. The third kappa shape index (κ3) is 4.00. The molecule has 1 unspecified atom stereocenters. The Morgan fingerprint density at radius 1 is 1.41 bits per heavy atom. The summed E-state index contributed by atoms with van der Waals surface area (Å²) in [5.41, 5.74) is -0.0602. The quantitative estimate of drug-likeness (QED) is 0.856. The molecule has 0 aliphatic rings. The second-order valence-corrected chi connectivity index (χ2v) is 6.44. The monoisotopic (exact) mass is 320 g/mol. The predicted octanol–water partition coefficient (Wildman–Crippen LogP) is 2.51. The third-order valence-electron chi connectivity index (χ3n) is 3.14. The Morgan fingerprint density at radius 2 is 2.18 bits per heavy atom. The number of nitrogens with zero attached hydrogens (tertiary/aromatic N) is 2. The van der Waals surface area contributed by atoms with E-state index in [2.05, 4.69) is 20.5 Å². The summed E-state index contributed by atoms with van der Waals surface area (Å²) in [4.78, 5) is 27.7. The summed E-state index contributed by atoms with van der Waals surface area (Å²) in [6, 6.07) is 3.33. The Kier molecular flexibility index (Phi) is 5.43. The Balaban J connectivity index is 2.19. The molecule has 6 nitrogen and oxygen atoms in total. The van der Waals surface area contributed by atoms with E-state index < -0.39 is 6.04 Å².